The Labute approximate surface area is 101 Å². The van der Waals surface area contributed by atoms with Crippen molar-refractivity contribution in [1.29, 1.82) is 0 Å². The standard InChI is InChI=1S/C11H10BrNO3/c1-16-11(15)7-4-6-2-3-9(14)13-10(6)8(12)5-7/h4-5H,2-3H2,1H3,(H,13,14). The lowest BCUT2D eigenvalue weighted by atomic mass is 10.0. The van der Waals surface area contributed by atoms with Gasteiger partial charge in [-0.1, -0.05) is 0 Å². The third-order valence-electron chi connectivity index (χ3n) is 2.48. The summed E-state index contributed by atoms with van der Waals surface area (Å²) < 4.78 is 5.36. The molecule has 0 saturated carbocycles. The van der Waals surface area contributed by atoms with Crippen LogP contribution in [0, 0.1) is 0 Å². The Bertz CT molecular complexity index is 471. The first-order valence-corrected chi connectivity index (χ1v) is 5.61. The Morgan fingerprint density at radius 2 is 2.19 bits per heavy atom. The van der Waals surface area contributed by atoms with E-state index in [4.69, 9.17) is 0 Å². The van der Waals surface area contributed by atoms with Crippen molar-refractivity contribution in [2.24, 2.45) is 0 Å². The van der Waals surface area contributed by atoms with Gasteiger partial charge >= 0.3 is 5.97 Å². The van der Waals surface area contributed by atoms with Gasteiger partial charge in [0.25, 0.3) is 0 Å². The number of ether oxygens (including phenoxy) is 1. The lowest BCUT2D eigenvalue weighted by Gasteiger charge is -2.18. The number of halogens is 1. The van der Waals surface area contributed by atoms with E-state index >= 15 is 0 Å². The summed E-state index contributed by atoms with van der Waals surface area (Å²) in [4.78, 5) is 22.6. The number of carbonyl (C=O) groups is 2. The molecule has 2 rings (SSSR count). The van der Waals surface area contributed by atoms with Gasteiger partial charge in [0, 0.05) is 10.9 Å². The smallest absolute Gasteiger partial charge is 0.337 e. The lowest BCUT2D eigenvalue weighted by Crippen LogP contribution is -2.20. The van der Waals surface area contributed by atoms with Crippen LogP contribution < -0.4 is 5.32 Å². The van der Waals surface area contributed by atoms with Gasteiger partial charge in [0.2, 0.25) is 5.91 Å². The number of aryl methyl sites for hydroxylation is 1. The van der Waals surface area contributed by atoms with Crippen molar-refractivity contribution in [3.05, 3.63) is 27.7 Å². The molecule has 0 spiro atoms. The minimum atomic E-state index is -0.375. The molecule has 4 nitrogen and oxygen atoms in total. The number of methoxy groups -OCH3 is 1. The van der Waals surface area contributed by atoms with E-state index in [1.54, 1.807) is 12.1 Å². The Kier molecular flexibility index (Phi) is 2.96. The first-order chi connectivity index (χ1) is 7.61. The highest BCUT2D eigenvalue weighted by Gasteiger charge is 2.19. The molecule has 1 aliphatic heterocycles. The zero-order valence-electron chi connectivity index (χ0n) is 8.67. The van der Waals surface area contributed by atoms with Crippen molar-refractivity contribution in [3.8, 4) is 0 Å². The first-order valence-electron chi connectivity index (χ1n) is 4.82. The Hall–Kier alpha value is -1.36. The van der Waals surface area contributed by atoms with Crippen molar-refractivity contribution in [2.75, 3.05) is 12.4 Å². The van der Waals surface area contributed by atoms with Gasteiger partial charge in [-0.25, -0.2) is 4.79 Å². The number of anilines is 1. The van der Waals surface area contributed by atoms with E-state index in [2.05, 4.69) is 26.0 Å². The fourth-order valence-electron chi connectivity index (χ4n) is 1.69. The van der Waals surface area contributed by atoms with E-state index in [9.17, 15) is 9.59 Å². The molecule has 1 amide bonds. The summed E-state index contributed by atoms with van der Waals surface area (Å²) in [7, 11) is 1.34. The number of esters is 1. The van der Waals surface area contributed by atoms with E-state index in [0.29, 0.717) is 22.9 Å². The van der Waals surface area contributed by atoms with E-state index in [-0.39, 0.29) is 11.9 Å². The molecule has 0 saturated heterocycles. The number of amides is 1. The van der Waals surface area contributed by atoms with Crippen molar-refractivity contribution < 1.29 is 14.3 Å². The number of rotatable bonds is 1. The maximum Gasteiger partial charge on any atom is 0.337 e. The Morgan fingerprint density at radius 1 is 1.44 bits per heavy atom. The van der Waals surface area contributed by atoms with Crippen LogP contribution in [-0.4, -0.2) is 19.0 Å². The van der Waals surface area contributed by atoms with Crippen LogP contribution in [0.5, 0.6) is 0 Å². The Morgan fingerprint density at radius 3 is 2.88 bits per heavy atom. The van der Waals surface area contributed by atoms with Gasteiger partial charge in [0.1, 0.15) is 0 Å². The van der Waals surface area contributed by atoms with Crippen molar-refractivity contribution in [3.63, 3.8) is 0 Å². The lowest BCUT2D eigenvalue weighted by molar-refractivity contribution is -0.116. The van der Waals surface area contributed by atoms with Gasteiger partial charge < -0.3 is 10.1 Å². The largest absolute Gasteiger partial charge is 0.465 e. The SMILES string of the molecule is COC(=O)c1cc(Br)c2c(c1)CCC(=O)N2. The molecule has 1 aromatic carbocycles. The fraction of sp³-hybridized carbons (Fsp3) is 0.273. The molecule has 0 bridgehead atoms. The quantitative estimate of drug-likeness (QED) is 0.804. The second kappa shape index (κ2) is 4.25. The maximum absolute atomic E-state index is 11.4. The van der Waals surface area contributed by atoms with E-state index in [1.165, 1.54) is 7.11 Å². The number of benzene rings is 1. The molecular formula is C11H10BrNO3. The predicted octanol–water partition coefficient (Wildman–Crippen LogP) is 2.12. The summed E-state index contributed by atoms with van der Waals surface area (Å²) in [5.74, 6) is -0.376. The van der Waals surface area contributed by atoms with Crippen LogP contribution in [0.15, 0.2) is 16.6 Å². The topological polar surface area (TPSA) is 55.4 Å². The van der Waals surface area contributed by atoms with Crippen LogP contribution in [-0.2, 0) is 16.0 Å². The van der Waals surface area contributed by atoms with Gasteiger partial charge in [-0.3, -0.25) is 4.79 Å². The molecule has 0 fully saturated rings. The fourth-order valence-corrected chi connectivity index (χ4v) is 2.29. The summed E-state index contributed by atoms with van der Waals surface area (Å²) in [5, 5.41) is 2.77. The second-order valence-electron chi connectivity index (χ2n) is 3.53. The zero-order chi connectivity index (χ0) is 11.7. The molecule has 84 valence electrons. The van der Waals surface area contributed by atoms with E-state index in [1.807, 2.05) is 0 Å². The molecule has 1 N–H and O–H groups in total. The molecule has 1 heterocycles. The average Bonchev–Trinajstić information content (AvgIpc) is 2.28. The summed E-state index contributed by atoms with van der Waals surface area (Å²) in [6, 6.07) is 3.40. The molecule has 0 aromatic heterocycles. The molecule has 0 radical (unpaired) electrons. The number of carbonyl (C=O) groups excluding carboxylic acids is 2. The molecule has 0 atom stereocenters. The highest BCUT2D eigenvalue weighted by Crippen LogP contribution is 2.32. The van der Waals surface area contributed by atoms with Gasteiger partial charge in [-0.05, 0) is 40.0 Å². The van der Waals surface area contributed by atoms with E-state index in [0.717, 1.165) is 11.3 Å². The Balaban J connectivity index is 2.46. The van der Waals surface area contributed by atoms with Gasteiger partial charge in [-0.15, -0.1) is 0 Å². The van der Waals surface area contributed by atoms with Crippen molar-refractivity contribution in [1.82, 2.24) is 0 Å². The predicted molar refractivity (Wildman–Crippen MR) is 62.4 cm³/mol. The second-order valence-corrected chi connectivity index (χ2v) is 4.39. The van der Waals surface area contributed by atoms with E-state index < -0.39 is 0 Å². The monoisotopic (exact) mass is 283 g/mol. The number of hydrogen-bond acceptors (Lipinski definition) is 3. The van der Waals surface area contributed by atoms with Gasteiger partial charge in [0.15, 0.2) is 0 Å². The number of fused-ring (bicyclic) bond motifs is 1. The molecule has 0 unspecified atom stereocenters. The van der Waals surface area contributed by atoms with Crippen LogP contribution in [0.4, 0.5) is 5.69 Å². The zero-order valence-corrected chi connectivity index (χ0v) is 10.3. The molecule has 16 heavy (non-hydrogen) atoms. The molecular weight excluding hydrogens is 274 g/mol. The van der Waals surface area contributed by atoms with Gasteiger partial charge in [0.05, 0.1) is 18.4 Å². The first kappa shape index (κ1) is 11.1. The summed E-state index contributed by atoms with van der Waals surface area (Å²) in [5.41, 5.74) is 2.20. The van der Waals surface area contributed by atoms with Crippen LogP contribution in [0.3, 0.4) is 0 Å². The highest BCUT2D eigenvalue weighted by atomic mass is 79.9. The average molecular weight is 284 g/mol. The van der Waals surface area contributed by atoms with Crippen molar-refractivity contribution in [2.45, 2.75) is 12.8 Å². The summed E-state index contributed by atoms with van der Waals surface area (Å²) in [6.07, 6.45) is 1.09. The van der Waals surface area contributed by atoms with Gasteiger partial charge in [-0.2, -0.15) is 0 Å². The van der Waals surface area contributed by atoms with Crippen LogP contribution in [0.2, 0.25) is 0 Å². The van der Waals surface area contributed by atoms with Crippen LogP contribution in [0.25, 0.3) is 0 Å². The normalized spacial score (nSPS) is 14.0. The number of hydrogen-bond donors (Lipinski definition) is 1. The molecule has 1 aliphatic rings. The third kappa shape index (κ3) is 1.95. The number of nitrogens with one attached hydrogen (secondary N) is 1. The summed E-state index contributed by atoms with van der Waals surface area (Å²) >= 11 is 3.34. The third-order valence-corrected chi connectivity index (χ3v) is 3.10. The molecule has 5 heteroatoms. The van der Waals surface area contributed by atoms with Crippen molar-refractivity contribution >= 4 is 33.5 Å². The molecule has 0 aliphatic carbocycles. The maximum atomic E-state index is 11.4. The molecule has 1 aromatic rings. The summed E-state index contributed by atoms with van der Waals surface area (Å²) in [6.45, 7) is 0. The minimum absolute atomic E-state index is 0.000909. The minimum Gasteiger partial charge on any atom is -0.465 e. The van der Waals surface area contributed by atoms with Crippen LogP contribution >= 0.6 is 15.9 Å². The van der Waals surface area contributed by atoms with Crippen LogP contribution in [0.1, 0.15) is 22.3 Å². The highest BCUT2D eigenvalue weighted by molar-refractivity contribution is 9.10.